The van der Waals surface area contributed by atoms with Crippen LogP contribution in [0.4, 0.5) is 11.4 Å². The number of hydrogen-bond acceptors (Lipinski definition) is 2. The van der Waals surface area contributed by atoms with Gasteiger partial charge in [-0.3, -0.25) is 0 Å². The van der Waals surface area contributed by atoms with Crippen molar-refractivity contribution in [2.75, 3.05) is 19.0 Å². The van der Waals surface area contributed by atoms with Crippen LogP contribution in [0.5, 0.6) is 0 Å². The number of allylic oxidation sites excluding steroid dienone is 4. The molecule has 4 heteroatoms. The number of hydrogen-bond donors (Lipinski definition) is 1. The molecule has 2 atom stereocenters. The summed E-state index contributed by atoms with van der Waals surface area (Å²) in [6.07, 6.45) is 8.48. The minimum Gasteiger partial charge on any atom is -0.478 e. The van der Waals surface area contributed by atoms with Gasteiger partial charge in [0.25, 0.3) is 0 Å². The lowest BCUT2D eigenvalue weighted by Crippen LogP contribution is -2.33. The minimum absolute atomic E-state index is 0.253. The zero-order valence-electron chi connectivity index (χ0n) is 29.0. The predicted octanol–water partition coefficient (Wildman–Crippen LogP) is 10.0. The van der Waals surface area contributed by atoms with E-state index in [4.69, 9.17) is 0 Å². The largest absolute Gasteiger partial charge is 0.478 e. The van der Waals surface area contributed by atoms with Gasteiger partial charge in [0.15, 0.2) is 5.71 Å². The first-order valence-corrected chi connectivity index (χ1v) is 17.3. The van der Waals surface area contributed by atoms with Gasteiger partial charge in [0.05, 0.1) is 11.0 Å². The molecule has 4 nitrogen and oxygen atoms in total. The van der Waals surface area contributed by atoms with Crippen molar-refractivity contribution in [1.29, 1.82) is 0 Å². The van der Waals surface area contributed by atoms with Crippen LogP contribution in [0, 0.1) is 0 Å². The molecule has 6 aromatic rings. The molecule has 8 rings (SSSR count). The predicted molar refractivity (Wildman–Crippen MR) is 206 cm³/mol. The molecule has 0 radical (unpaired) electrons. The van der Waals surface area contributed by atoms with E-state index in [9.17, 15) is 9.90 Å². The zero-order chi connectivity index (χ0) is 34.6. The van der Waals surface area contributed by atoms with Crippen molar-refractivity contribution in [2.24, 2.45) is 0 Å². The third-order valence-corrected chi connectivity index (χ3v) is 11.2. The Balaban J connectivity index is 1.25. The van der Waals surface area contributed by atoms with Crippen LogP contribution in [-0.2, 0) is 23.7 Å². The molecule has 6 aromatic carbocycles. The number of benzene rings is 6. The van der Waals surface area contributed by atoms with E-state index in [0.29, 0.717) is 5.56 Å². The van der Waals surface area contributed by atoms with Crippen molar-refractivity contribution in [3.8, 4) is 0 Å². The maximum absolute atomic E-state index is 11.6. The van der Waals surface area contributed by atoms with E-state index in [0.717, 1.165) is 18.4 Å². The minimum atomic E-state index is -0.908. The maximum atomic E-state index is 11.6. The molecule has 0 bridgehead atoms. The summed E-state index contributed by atoms with van der Waals surface area (Å²) in [4.78, 5) is 14.0. The quantitative estimate of drug-likeness (QED) is 0.175. The monoisotopic (exact) mass is 653 g/mol. The molecule has 2 heterocycles. The molecule has 0 aliphatic carbocycles. The van der Waals surface area contributed by atoms with Crippen LogP contribution in [0.3, 0.4) is 0 Å². The number of rotatable bonds is 7. The zero-order valence-corrected chi connectivity index (χ0v) is 29.0. The van der Waals surface area contributed by atoms with Gasteiger partial charge >= 0.3 is 5.97 Å². The number of nitrogens with zero attached hydrogens (tertiary/aromatic N) is 2. The molecule has 2 unspecified atom stereocenters. The fraction of sp³-hybridized carbons (Fsp3) is 0.174. The normalized spacial score (nSPS) is 20.7. The number of likely N-dealkylation sites (N-methyl/N-ethyl adjacent to an activating group) is 1. The summed E-state index contributed by atoms with van der Waals surface area (Å²) in [5.74, 6) is -0.908. The second-order valence-electron chi connectivity index (χ2n) is 14.3. The molecule has 0 amide bonds. The van der Waals surface area contributed by atoms with E-state index >= 15 is 0 Å². The van der Waals surface area contributed by atoms with Crippen molar-refractivity contribution in [3.63, 3.8) is 0 Å². The summed E-state index contributed by atoms with van der Waals surface area (Å²) >= 11 is 0. The third kappa shape index (κ3) is 4.97. The Kier molecular flexibility index (Phi) is 7.56. The highest BCUT2D eigenvalue weighted by Crippen LogP contribution is 2.52. The van der Waals surface area contributed by atoms with Crippen LogP contribution in [-0.4, -0.2) is 35.5 Å². The number of fused-ring (bicyclic) bond motifs is 6. The smallest absolute Gasteiger partial charge is 0.335 e. The summed E-state index contributed by atoms with van der Waals surface area (Å²) in [5, 5.41) is 14.6. The molecule has 0 fully saturated rings. The molecule has 0 spiro atoms. The van der Waals surface area contributed by atoms with E-state index in [1.54, 1.807) is 12.1 Å². The van der Waals surface area contributed by atoms with E-state index < -0.39 is 5.97 Å². The van der Waals surface area contributed by atoms with Gasteiger partial charge < -0.3 is 10.0 Å². The highest BCUT2D eigenvalue weighted by Gasteiger charge is 2.48. The topological polar surface area (TPSA) is 43.5 Å². The van der Waals surface area contributed by atoms with Crippen LogP contribution < -0.4 is 4.90 Å². The first-order chi connectivity index (χ1) is 24.2. The maximum Gasteiger partial charge on any atom is 0.335 e. The Morgan fingerprint density at radius 3 is 1.96 bits per heavy atom. The first-order valence-electron chi connectivity index (χ1n) is 17.3. The number of aromatic carboxylic acids is 1. The van der Waals surface area contributed by atoms with E-state index in [2.05, 4.69) is 159 Å². The molecule has 2 aliphatic rings. The van der Waals surface area contributed by atoms with E-state index in [1.165, 1.54) is 61.0 Å². The summed E-state index contributed by atoms with van der Waals surface area (Å²) in [6, 6.07) is 44.5. The Morgan fingerprint density at radius 2 is 1.28 bits per heavy atom. The Labute approximate surface area is 294 Å². The van der Waals surface area contributed by atoms with Crippen LogP contribution in [0.25, 0.3) is 21.5 Å². The number of carbonyl (C=O) groups is 1. The molecule has 0 saturated heterocycles. The molecular weight excluding hydrogens is 613 g/mol. The van der Waals surface area contributed by atoms with Crippen molar-refractivity contribution >= 4 is 44.6 Å². The first kappa shape index (κ1) is 31.5. The van der Waals surface area contributed by atoms with Gasteiger partial charge in [-0.15, -0.1) is 0 Å². The molecular formula is C46H41N2O2+. The lowest BCUT2D eigenvalue weighted by atomic mass is 9.72. The average Bonchev–Trinajstić information content (AvgIpc) is 3.47. The third-order valence-electron chi connectivity index (χ3n) is 11.2. The summed E-state index contributed by atoms with van der Waals surface area (Å²) in [5.41, 5.74) is 9.70. The highest BCUT2D eigenvalue weighted by atomic mass is 16.4. The Bertz CT molecular complexity index is 2400. The Hall–Kier alpha value is -5.74. The van der Waals surface area contributed by atoms with Gasteiger partial charge in [-0.05, 0) is 95.3 Å². The molecule has 50 heavy (non-hydrogen) atoms. The van der Waals surface area contributed by atoms with E-state index in [1.807, 2.05) is 12.1 Å². The second kappa shape index (κ2) is 12.0. The number of carboxylic acid groups (broad SMARTS) is 1. The fourth-order valence-corrected chi connectivity index (χ4v) is 8.85. The molecule has 2 aliphatic heterocycles. The highest BCUT2D eigenvalue weighted by molar-refractivity contribution is 6.08. The van der Waals surface area contributed by atoms with Gasteiger partial charge in [0, 0.05) is 41.6 Å². The standard InChI is InChI=1S/C46H40N2O2/c1-45(29-31-13-6-5-7-14-31)40(47(3)38-27-25-33-15-8-10-17-36(33)42(38)45)19-12-20-41-46(2,30-32-21-23-35(24-22-32)44(49)50)43-37-18-11-9-16-34(37)26-28-39(43)48(41)4/h5-28H,29-30H2,1-4H3/p+1. The van der Waals surface area contributed by atoms with Crippen molar-refractivity contribution in [2.45, 2.75) is 37.5 Å². The Morgan fingerprint density at radius 1 is 0.700 bits per heavy atom. The van der Waals surface area contributed by atoms with Gasteiger partial charge in [-0.1, -0.05) is 103 Å². The van der Waals surface area contributed by atoms with Gasteiger partial charge in [-0.2, -0.15) is 4.58 Å². The summed E-state index contributed by atoms with van der Waals surface area (Å²) < 4.78 is 2.34. The lowest BCUT2D eigenvalue weighted by Gasteiger charge is -2.29. The van der Waals surface area contributed by atoms with Crippen LogP contribution in [0.2, 0.25) is 0 Å². The van der Waals surface area contributed by atoms with Crippen molar-refractivity contribution in [1.82, 2.24) is 0 Å². The molecule has 0 aromatic heterocycles. The molecule has 246 valence electrons. The van der Waals surface area contributed by atoms with Gasteiger partial charge in [0.1, 0.15) is 7.05 Å². The van der Waals surface area contributed by atoms with Crippen molar-refractivity contribution < 1.29 is 14.5 Å². The van der Waals surface area contributed by atoms with Crippen LogP contribution >= 0.6 is 0 Å². The van der Waals surface area contributed by atoms with Crippen molar-refractivity contribution in [3.05, 3.63) is 179 Å². The second-order valence-corrected chi connectivity index (χ2v) is 14.3. The molecule has 0 saturated carbocycles. The number of anilines is 1. The van der Waals surface area contributed by atoms with Crippen LogP contribution in [0.15, 0.2) is 151 Å². The SMILES string of the molecule is CN1/C(=C/C=C/C2=[N+](C)c3ccc4ccccc4c3C2(C)Cc2ccc(C(=O)O)cc2)C(C)(Cc2ccccc2)c2c1ccc1ccccc21. The lowest BCUT2D eigenvalue weighted by molar-refractivity contribution is -0.401. The van der Waals surface area contributed by atoms with E-state index in [-0.39, 0.29) is 10.8 Å². The molecule has 1 N–H and O–H groups in total. The van der Waals surface area contributed by atoms with Gasteiger partial charge in [-0.25, -0.2) is 4.79 Å². The average molecular weight is 654 g/mol. The fourth-order valence-electron chi connectivity index (χ4n) is 8.85. The summed E-state index contributed by atoms with van der Waals surface area (Å²) in [6.45, 7) is 4.74. The van der Waals surface area contributed by atoms with Crippen LogP contribution in [0.1, 0.15) is 46.5 Å². The van der Waals surface area contributed by atoms with Gasteiger partial charge in [0.2, 0.25) is 5.69 Å². The number of carboxylic acids is 1. The summed E-state index contributed by atoms with van der Waals surface area (Å²) in [7, 11) is 4.37.